The average molecular weight is 213 g/mol. The van der Waals surface area contributed by atoms with Gasteiger partial charge in [0.2, 0.25) is 5.78 Å². The summed E-state index contributed by atoms with van der Waals surface area (Å²) >= 11 is 0. The second-order valence-electron chi connectivity index (χ2n) is 4.72. The van der Waals surface area contributed by atoms with E-state index in [-0.39, 0.29) is 0 Å². The SMILES string of the molecule is CC(C)(C)C(=O)C(=O)N1CC[C@H]1C(=O)O. The lowest BCUT2D eigenvalue weighted by Crippen LogP contribution is -2.58. The Hall–Kier alpha value is -1.39. The Morgan fingerprint density at radius 3 is 2.07 bits per heavy atom. The van der Waals surface area contributed by atoms with Crippen LogP contribution in [0.4, 0.5) is 0 Å². The van der Waals surface area contributed by atoms with Crippen molar-refractivity contribution < 1.29 is 19.5 Å². The van der Waals surface area contributed by atoms with Crippen molar-refractivity contribution in [3.8, 4) is 0 Å². The molecule has 1 saturated heterocycles. The third kappa shape index (κ3) is 2.16. The van der Waals surface area contributed by atoms with Crippen molar-refractivity contribution in [2.24, 2.45) is 5.41 Å². The van der Waals surface area contributed by atoms with Crippen LogP contribution in [0.2, 0.25) is 0 Å². The van der Waals surface area contributed by atoms with Crippen LogP contribution in [0.1, 0.15) is 27.2 Å². The van der Waals surface area contributed by atoms with Gasteiger partial charge < -0.3 is 10.0 Å². The number of aliphatic carboxylic acids is 1. The van der Waals surface area contributed by atoms with Crippen LogP contribution in [-0.4, -0.2) is 40.3 Å². The number of hydrogen-bond acceptors (Lipinski definition) is 3. The zero-order valence-corrected chi connectivity index (χ0v) is 9.11. The van der Waals surface area contributed by atoms with Crippen molar-refractivity contribution >= 4 is 17.7 Å². The highest BCUT2D eigenvalue weighted by molar-refractivity contribution is 6.38. The van der Waals surface area contributed by atoms with E-state index >= 15 is 0 Å². The molecule has 0 bridgehead atoms. The van der Waals surface area contributed by atoms with E-state index in [1.807, 2.05) is 0 Å². The molecular weight excluding hydrogens is 198 g/mol. The monoisotopic (exact) mass is 213 g/mol. The van der Waals surface area contributed by atoms with E-state index in [0.717, 1.165) is 4.90 Å². The van der Waals surface area contributed by atoms with Gasteiger partial charge in [-0.15, -0.1) is 0 Å². The normalized spacial score (nSPS) is 20.7. The molecule has 0 aromatic carbocycles. The van der Waals surface area contributed by atoms with Gasteiger partial charge in [-0.25, -0.2) is 4.79 Å². The molecule has 15 heavy (non-hydrogen) atoms. The maximum atomic E-state index is 11.6. The summed E-state index contributed by atoms with van der Waals surface area (Å²) in [5.74, 6) is -2.26. The molecule has 5 nitrogen and oxygen atoms in total. The van der Waals surface area contributed by atoms with Crippen LogP contribution >= 0.6 is 0 Å². The Morgan fingerprint density at radius 1 is 1.27 bits per heavy atom. The third-order valence-corrected chi connectivity index (χ3v) is 2.44. The van der Waals surface area contributed by atoms with Crippen LogP contribution in [0.25, 0.3) is 0 Å². The van der Waals surface area contributed by atoms with Gasteiger partial charge in [-0.3, -0.25) is 9.59 Å². The minimum atomic E-state index is -1.05. The highest BCUT2D eigenvalue weighted by Crippen LogP contribution is 2.22. The molecule has 0 saturated carbocycles. The van der Waals surface area contributed by atoms with E-state index in [2.05, 4.69) is 0 Å². The van der Waals surface area contributed by atoms with E-state index in [1.165, 1.54) is 0 Å². The van der Waals surface area contributed by atoms with E-state index < -0.39 is 29.1 Å². The molecule has 1 aliphatic heterocycles. The van der Waals surface area contributed by atoms with Crippen molar-refractivity contribution in [2.75, 3.05) is 6.54 Å². The molecule has 1 N–H and O–H groups in total. The molecule has 1 rings (SSSR count). The number of ketones is 1. The number of carboxylic acid groups (broad SMARTS) is 1. The van der Waals surface area contributed by atoms with Crippen LogP contribution in [0.5, 0.6) is 0 Å². The van der Waals surface area contributed by atoms with Crippen molar-refractivity contribution in [1.29, 1.82) is 0 Å². The lowest BCUT2D eigenvalue weighted by molar-refractivity contribution is -0.162. The minimum absolute atomic E-state index is 0.359. The molecular formula is C10H15NO4. The van der Waals surface area contributed by atoms with E-state index in [1.54, 1.807) is 20.8 Å². The molecule has 1 heterocycles. The number of nitrogens with zero attached hydrogens (tertiary/aromatic N) is 1. The molecule has 84 valence electrons. The molecule has 1 amide bonds. The maximum Gasteiger partial charge on any atom is 0.326 e. The van der Waals surface area contributed by atoms with Gasteiger partial charge in [0.1, 0.15) is 6.04 Å². The Labute approximate surface area is 88.1 Å². The third-order valence-electron chi connectivity index (χ3n) is 2.44. The second-order valence-corrected chi connectivity index (χ2v) is 4.72. The molecule has 0 aliphatic carbocycles. The first-order chi connectivity index (χ1) is 6.75. The van der Waals surface area contributed by atoms with Crippen LogP contribution in [0.15, 0.2) is 0 Å². The van der Waals surface area contributed by atoms with Gasteiger partial charge in [-0.2, -0.15) is 0 Å². The highest BCUT2D eigenvalue weighted by atomic mass is 16.4. The number of rotatable bonds is 2. The zero-order chi connectivity index (χ0) is 11.8. The number of amides is 1. The molecule has 0 spiro atoms. The van der Waals surface area contributed by atoms with Crippen molar-refractivity contribution in [3.05, 3.63) is 0 Å². The molecule has 0 aromatic heterocycles. The summed E-state index contributed by atoms with van der Waals surface area (Å²) in [4.78, 5) is 35.0. The van der Waals surface area contributed by atoms with Gasteiger partial charge in [0.25, 0.3) is 5.91 Å². The molecule has 1 atom stereocenters. The van der Waals surface area contributed by atoms with E-state index in [0.29, 0.717) is 13.0 Å². The number of carbonyl (C=O) groups excluding carboxylic acids is 2. The predicted molar refractivity (Wildman–Crippen MR) is 52.2 cm³/mol. The standard InChI is InChI=1S/C10H15NO4/c1-10(2,3)7(12)8(13)11-5-4-6(11)9(14)15/h6H,4-5H2,1-3H3,(H,14,15)/t6-/m0/s1. The predicted octanol–water partition coefficient (Wildman–Crippen LogP) is 0.287. The maximum absolute atomic E-state index is 11.6. The zero-order valence-electron chi connectivity index (χ0n) is 9.11. The first kappa shape index (κ1) is 11.7. The Morgan fingerprint density at radius 2 is 1.80 bits per heavy atom. The summed E-state index contributed by atoms with van der Waals surface area (Å²) in [6, 6.07) is -0.816. The fraction of sp³-hybridized carbons (Fsp3) is 0.700. The van der Waals surface area contributed by atoms with Gasteiger partial charge >= 0.3 is 5.97 Å². The fourth-order valence-corrected chi connectivity index (χ4v) is 1.34. The molecule has 1 aliphatic rings. The summed E-state index contributed by atoms with van der Waals surface area (Å²) < 4.78 is 0. The van der Waals surface area contributed by atoms with Crippen LogP contribution < -0.4 is 0 Å². The topological polar surface area (TPSA) is 74.7 Å². The van der Waals surface area contributed by atoms with Crippen molar-refractivity contribution in [3.63, 3.8) is 0 Å². The number of carboxylic acids is 1. The first-order valence-corrected chi connectivity index (χ1v) is 4.83. The summed E-state index contributed by atoms with van der Waals surface area (Å²) in [6.07, 6.45) is 0.429. The molecule has 0 aromatic rings. The van der Waals surface area contributed by atoms with Gasteiger partial charge in [-0.05, 0) is 6.42 Å². The lowest BCUT2D eigenvalue weighted by atomic mass is 9.88. The van der Waals surface area contributed by atoms with Crippen LogP contribution in [-0.2, 0) is 14.4 Å². The van der Waals surface area contributed by atoms with Gasteiger partial charge in [0.15, 0.2) is 0 Å². The molecule has 5 heteroatoms. The lowest BCUT2D eigenvalue weighted by Gasteiger charge is -2.38. The summed E-state index contributed by atoms with van der Waals surface area (Å²) in [7, 11) is 0. The second kappa shape index (κ2) is 3.64. The Bertz CT molecular complexity index is 316. The molecule has 0 radical (unpaired) electrons. The Balaban J connectivity index is 2.71. The van der Waals surface area contributed by atoms with E-state index in [4.69, 9.17) is 5.11 Å². The van der Waals surface area contributed by atoms with Crippen LogP contribution in [0.3, 0.4) is 0 Å². The molecule has 0 unspecified atom stereocenters. The van der Waals surface area contributed by atoms with Gasteiger partial charge in [-0.1, -0.05) is 20.8 Å². The minimum Gasteiger partial charge on any atom is -0.480 e. The van der Waals surface area contributed by atoms with Crippen molar-refractivity contribution in [1.82, 2.24) is 4.90 Å². The summed E-state index contributed by atoms with van der Waals surface area (Å²) in [6.45, 7) is 5.28. The Kier molecular flexibility index (Phi) is 2.83. The number of carbonyl (C=O) groups is 3. The quantitative estimate of drug-likeness (QED) is 0.669. The summed E-state index contributed by atoms with van der Waals surface area (Å²) in [5.41, 5.74) is -0.754. The van der Waals surface area contributed by atoms with Crippen molar-refractivity contribution in [2.45, 2.75) is 33.2 Å². The number of likely N-dealkylation sites (tertiary alicyclic amines) is 1. The van der Waals surface area contributed by atoms with Gasteiger partial charge in [0.05, 0.1) is 0 Å². The highest BCUT2D eigenvalue weighted by Gasteiger charge is 2.42. The first-order valence-electron chi connectivity index (χ1n) is 4.83. The molecule has 1 fully saturated rings. The average Bonchev–Trinajstić information content (AvgIpc) is 1.97. The van der Waals surface area contributed by atoms with Crippen LogP contribution in [0, 0.1) is 5.41 Å². The fourth-order valence-electron chi connectivity index (χ4n) is 1.34. The van der Waals surface area contributed by atoms with E-state index in [9.17, 15) is 14.4 Å². The number of Topliss-reactive ketones (excluding diaryl/α,β-unsaturated/α-hetero) is 1. The smallest absolute Gasteiger partial charge is 0.326 e. The largest absolute Gasteiger partial charge is 0.480 e. The van der Waals surface area contributed by atoms with Gasteiger partial charge in [0, 0.05) is 12.0 Å². The number of hydrogen-bond donors (Lipinski definition) is 1. The summed E-state index contributed by atoms with van der Waals surface area (Å²) in [5, 5.41) is 8.73.